The lowest BCUT2D eigenvalue weighted by Crippen LogP contribution is -2.35. The third-order valence-corrected chi connectivity index (χ3v) is 3.76. The lowest BCUT2D eigenvalue weighted by molar-refractivity contribution is -0.121. The Hall–Kier alpha value is -2.40. The summed E-state index contributed by atoms with van der Waals surface area (Å²) in [5.41, 5.74) is 0.534. The van der Waals surface area contributed by atoms with Crippen molar-refractivity contribution in [2.75, 3.05) is 10.2 Å². The molecular weight excluding hydrogens is 307 g/mol. The number of para-hydroxylation sites is 2. The van der Waals surface area contributed by atoms with E-state index in [1.165, 1.54) is 12.1 Å². The van der Waals surface area contributed by atoms with E-state index >= 15 is 0 Å². The highest BCUT2D eigenvalue weighted by atomic mass is 35.5. The molecule has 6 heteroatoms. The summed E-state index contributed by atoms with van der Waals surface area (Å²) in [6, 6.07) is 11.8. The van der Waals surface area contributed by atoms with E-state index in [-0.39, 0.29) is 18.0 Å². The minimum atomic E-state index is -0.805. The van der Waals surface area contributed by atoms with E-state index in [0.717, 1.165) is 4.90 Å². The Kier molecular flexibility index (Phi) is 3.81. The highest BCUT2D eigenvalue weighted by Gasteiger charge is 2.40. The standard InChI is InChI=1S/C16H12ClFN2O2/c17-10-5-1-4-8-14(10)20-15(21)9-13(16(20)22)19-12-7-3-2-6-11(12)18/h1-8,13,19H,9H2. The molecule has 0 bridgehead atoms. The average molecular weight is 319 g/mol. The third-order valence-electron chi connectivity index (χ3n) is 3.44. The van der Waals surface area contributed by atoms with Crippen molar-refractivity contribution >= 4 is 34.8 Å². The topological polar surface area (TPSA) is 49.4 Å². The third kappa shape index (κ3) is 2.55. The molecule has 2 amide bonds. The molecule has 2 aromatic carbocycles. The van der Waals surface area contributed by atoms with Crippen molar-refractivity contribution in [3.05, 3.63) is 59.4 Å². The summed E-state index contributed by atoms with van der Waals surface area (Å²) in [4.78, 5) is 25.6. The number of nitrogens with one attached hydrogen (secondary N) is 1. The molecule has 3 rings (SSSR count). The molecule has 0 aliphatic carbocycles. The summed E-state index contributed by atoms with van der Waals surface area (Å²) in [6.45, 7) is 0. The summed E-state index contributed by atoms with van der Waals surface area (Å²) in [5, 5.41) is 3.09. The first-order valence-electron chi connectivity index (χ1n) is 6.70. The Morgan fingerprint density at radius 1 is 1.09 bits per heavy atom. The predicted octanol–water partition coefficient (Wildman–Crippen LogP) is 3.22. The first-order chi connectivity index (χ1) is 10.6. The summed E-state index contributed by atoms with van der Waals surface area (Å²) in [5.74, 6) is -1.28. The number of imide groups is 1. The van der Waals surface area contributed by atoms with Crippen molar-refractivity contribution < 1.29 is 14.0 Å². The number of anilines is 2. The molecule has 0 saturated carbocycles. The van der Waals surface area contributed by atoms with Crippen LogP contribution in [-0.4, -0.2) is 17.9 Å². The number of hydrogen-bond acceptors (Lipinski definition) is 3. The van der Waals surface area contributed by atoms with Gasteiger partial charge in [-0.3, -0.25) is 9.59 Å². The molecule has 1 heterocycles. The van der Waals surface area contributed by atoms with E-state index in [0.29, 0.717) is 10.7 Å². The molecule has 0 radical (unpaired) electrons. The number of amides is 2. The van der Waals surface area contributed by atoms with Gasteiger partial charge in [-0.15, -0.1) is 0 Å². The summed E-state index contributed by atoms with van der Waals surface area (Å²) >= 11 is 6.04. The Balaban J connectivity index is 1.86. The van der Waals surface area contributed by atoms with Crippen LogP contribution in [0.5, 0.6) is 0 Å². The Labute approximate surface area is 131 Å². The zero-order valence-corrected chi connectivity index (χ0v) is 12.2. The number of benzene rings is 2. The molecule has 1 N–H and O–H groups in total. The van der Waals surface area contributed by atoms with Crippen molar-refractivity contribution in [3.63, 3.8) is 0 Å². The van der Waals surface area contributed by atoms with Gasteiger partial charge in [-0.2, -0.15) is 0 Å². The average Bonchev–Trinajstić information content (AvgIpc) is 2.77. The smallest absolute Gasteiger partial charge is 0.256 e. The maximum absolute atomic E-state index is 13.7. The molecule has 1 unspecified atom stereocenters. The maximum Gasteiger partial charge on any atom is 0.256 e. The van der Waals surface area contributed by atoms with Crippen molar-refractivity contribution in [2.24, 2.45) is 0 Å². The summed E-state index contributed by atoms with van der Waals surface area (Å²) < 4.78 is 13.7. The molecule has 0 aromatic heterocycles. The zero-order valence-electron chi connectivity index (χ0n) is 11.4. The number of nitrogens with zero attached hydrogens (tertiary/aromatic N) is 1. The minimum Gasteiger partial charge on any atom is -0.371 e. The number of carbonyl (C=O) groups excluding carboxylic acids is 2. The lowest BCUT2D eigenvalue weighted by atomic mass is 10.2. The molecule has 1 saturated heterocycles. The van der Waals surface area contributed by atoms with Crippen molar-refractivity contribution in [1.82, 2.24) is 0 Å². The predicted molar refractivity (Wildman–Crippen MR) is 82.4 cm³/mol. The first kappa shape index (κ1) is 14.5. The van der Waals surface area contributed by atoms with E-state index < -0.39 is 17.8 Å². The Bertz CT molecular complexity index is 750. The van der Waals surface area contributed by atoms with Crippen LogP contribution in [0.4, 0.5) is 15.8 Å². The monoisotopic (exact) mass is 318 g/mol. The molecule has 4 nitrogen and oxygen atoms in total. The van der Waals surface area contributed by atoms with Crippen LogP contribution in [0.3, 0.4) is 0 Å². The van der Waals surface area contributed by atoms with Crippen molar-refractivity contribution in [1.29, 1.82) is 0 Å². The van der Waals surface area contributed by atoms with Gasteiger partial charge in [-0.05, 0) is 24.3 Å². The van der Waals surface area contributed by atoms with Gasteiger partial charge in [0.2, 0.25) is 5.91 Å². The fourth-order valence-corrected chi connectivity index (χ4v) is 2.62. The molecule has 1 atom stereocenters. The van der Waals surface area contributed by atoms with E-state index in [2.05, 4.69) is 5.32 Å². The molecule has 1 fully saturated rings. The Morgan fingerprint density at radius 3 is 2.50 bits per heavy atom. The second kappa shape index (κ2) is 5.77. The van der Waals surface area contributed by atoms with E-state index in [9.17, 15) is 14.0 Å². The van der Waals surface area contributed by atoms with Gasteiger partial charge in [0.15, 0.2) is 0 Å². The minimum absolute atomic E-state index is 0.0433. The van der Waals surface area contributed by atoms with Gasteiger partial charge in [-0.25, -0.2) is 9.29 Å². The van der Waals surface area contributed by atoms with Gasteiger partial charge >= 0.3 is 0 Å². The summed E-state index contributed by atoms with van der Waals surface area (Å²) in [6.07, 6.45) is -0.0433. The van der Waals surface area contributed by atoms with Crippen LogP contribution in [0.1, 0.15) is 6.42 Å². The van der Waals surface area contributed by atoms with Gasteiger partial charge in [0.1, 0.15) is 11.9 Å². The van der Waals surface area contributed by atoms with E-state index in [1.807, 2.05) is 0 Å². The van der Waals surface area contributed by atoms with Crippen LogP contribution < -0.4 is 10.2 Å². The summed E-state index contributed by atoms with van der Waals surface area (Å²) in [7, 11) is 0. The molecule has 1 aliphatic heterocycles. The SMILES string of the molecule is O=C1CC(Nc2ccccc2F)C(=O)N1c1ccccc1Cl. The highest BCUT2D eigenvalue weighted by Crippen LogP contribution is 2.31. The Morgan fingerprint density at radius 2 is 1.77 bits per heavy atom. The second-order valence-corrected chi connectivity index (χ2v) is 5.31. The number of halogens is 2. The van der Waals surface area contributed by atoms with Gasteiger partial charge in [-0.1, -0.05) is 35.9 Å². The van der Waals surface area contributed by atoms with Crippen molar-refractivity contribution in [2.45, 2.75) is 12.5 Å². The number of rotatable bonds is 3. The van der Waals surface area contributed by atoms with Gasteiger partial charge in [0, 0.05) is 0 Å². The first-order valence-corrected chi connectivity index (χ1v) is 7.08. The lowest BCUT2D eigenvalue weighted by Gasteiger charge is -2.17. The molecule has 22 heavy (non-hydrogen) atoms. The van der Waals surface area contributed by atoms with Crippen LogP contribution in [0.15, 0.2) is 48.5 Å². The molecular formula is C16H12ClFN2O2. The largest absolute Gasteiger partial charge is 0.371 e. The zero-order chi connectivity index (χ0) is 15.7. The molecule has 2 aromatic rings. The number of hydrogen-bond donors (Lipinski definition) is 1. The fourth-order valence-electron chi connectivity index (χ4n) is 2.40. The second-order valence-electron chi connectivity index (χ2n) is 4.90. The van der Waals surface area contributed by atoms with Gasteiger partial charge < -0.3 is 5.32 Å². The fraction of sp³-hybridized carbons (Fsp3) is 0.125. The maximum atomic E-state index is 13.7. The quantitative estimate of drug-likeness (QED) is 0.884. The van der Waals surface area contributed by atoms with E-state index in [1.54, 1.807) is 36.4 Å². The molecule has 1 aliphatic rings. The highest BCUT2D eigenvalue weighted by molar-refractivity contribution is 6.36. The van der Waals surface area contributed by atoms with Crippen LogP contribution in [-0.2, 0) is 9.59 Å². The number of carbonyl (C=O) groups is 2. The molecule has 112 valence electrons. The van der Waals surface area contributed by atoms with Crippen LogP contribution >= 0.6 is 11.6 Å². The van der Waals surface area contributed by atoms with E-state index in [4.69, 9.17) is 11.6 Å². The van der Waals surface area contributed by atoms with Crippen LogP contribution in [0, 0.1) is 5.82 Å². The van der Waals surface area contributed by atoms with Gasteiger partial charge in [0.05, 0.1) is 22.8 Å². The van der Waals surface area contributed by atoms with Crippen LogP contribution in [0.25, 0.3) is 0 Å². The van der Waals surface area contributed by atoms with Crippen LogP contribution in [0.2, 0.25) is 5.02 Å². The normalized spacial score (nSPS) is 17.9. The molecule has 0 spiro atoms. The van der Waals surface area contributed by atoms with Gasteiger partial charge in [0.25, 0.3) is 5.91 Å². The van der Waals surface area contributed by atoms with Crippen molar-refractivity contribution in [3.8, 4) is 0 Å².